The molecule has 0 bridgehead atoms. The van der Waals surface area contributed by atoms with Crippen LogP contribution in [0.2, 0.25) is 0 Å². The van der Waals surface area contributed by atoms with Crippen molar-refractivity contribution < 1.29 is 28.9 Å². The van der Waals surface area contributed by atoms with Crippen LogP contribution in [0.1, 0.15) is 39.8 Å². The van der Waals surface area contributed by atoms with E-state index in [1.165, 1.54) is 10.9 Å². The third-order valence-corrected chi connectivity index (χ3v) is 7.51. The summed E-state index contributed by atoms with van der Waals surface area (Å²) in [5, 5.41) is 11.7. The number of aliphatic hydroxyl groups excluding tert-OH is 1. The molecule has 45 heavy (non-hydrogen) atoms. The number of esters is 1. The predicted molar refractivity (Wildman–Crippen MR) is 160 cm³/mol. The van der Waals surface area contributed by atoms with E-state index >= 15 is 0 Å². The second-order valence-corrected chi connectivity index (χ2v) is 10.5. The molecule has 0 spiro atoms. The lowest BCUT2D eigenvalue weighted by molar-refractivity contribution is -0.0839. The summed E-state index contributed by atoms with van der Waals surface area (Å²) >= 11 is 0. The van der Waals surface area contributed by atoms with Crippen LogP contribution in [0.15, 0.2) is 90.5 Å². The van der Waals surface area contributed by atoms with Gasteiger partial charge >= 0.3 is 5.97 Å². The maximum Gasteiger partial charge on any atom is 0.338 e. The molecule has 2 aromatic carbocycles. The van der Waals surface area contributed by atoms with E-state index in [4.69, 9.17) is 19.9 Å². The number of fused-ring (bicyclic) bond motifs is 1. The number of ether oxygens (including phenoxy) is 3. The Morgan fingerprint density at radius 1 is 1.04 bits per heavy atom. The summed E-state index contributed by atoms with van der Waals surface area (Å²) in [6, 6.07) is 16.5. The fourth-order valence-corrected chi connectivity index (χ4v) is 5.29. The predicted octanol–water partition coefficient (Wildman–Crippen LogP) is 2.13. The second kappa shape index (κ2) is 13.2. The van der Waals surface area contributed by atoms with Gasteiger partial charge in [-0.15, -0.1) is 0 Å². The summed E-state index contributed by atoms with van der Waals surface area (Å²) in [5.74, 6) is -1.48. The highest BCUT2D eigenvalue weighted by Crippen LogP contribution is 2.36. The highest BCUT2D eigenvalue weighted by molar-refractivity contribution is 6.02. The number of nitrogen functional groups attached to an aromatic ring is 1. The second-order valence-electron chi connectivity index (χ2n) is 10.5. The zero-order valence-corrected chi connectivity index (χ0v) is 24.0. The summed E-state index contributed by atoms with van der Waals surface area (Å²) in [7, 11) is 0. The van der Waals surface area contributed by atoms with E-state index in [9.17, 15) is 19.5 Å². The molecule has 14 heteroatoms. The van der Waals surface area contributed by atoms with Crippen LogP contribution in [-0.4, -0.2) is 77.0 Å². The molecule has 1 saturated heterocycles. The number of nitrogens with two attached hydrogens (primary N) is 1. The Morgan fingerprint density at radius 3 is 2.49 bits per heavy atom. The normalized spacial score (nSPS) is 20.3. The first kappa shape index (κ1) is 29.9. The lowest BCUT2D eigenvalue weighted by atomic mass is 9.97. The summed E-state index contributed by atoms with van der Waals surface area (Å²) in [4.78, 5) is 54.4. The molecule has 1 unspecified atom stereocenters. The van der Waals surface area contributed by atoms with Crippen LogP contribution in [0.25, 0.3) is 11.2 Å². The standard InChI is InChI=1S/C31H31N7O7/c32-31-35-27-21(28(41)36-31)34-18-38(27)29-26(43-16-8-7-14-37-15-13-33-17-37)23(40)25(44-29)24(22(39)19-9-3-1-4-10-19)45-30(42)20-11-5-2-6-12-20/h1-6,9-13,15,17-18,23-26,29,40H,7-8,14,16H2,(H3,32,35,36,41)/t23-,24?,25+,26-,29-/m1/s1. The van der Waals surface area contributed by atoms with Gasteiger partial charge < -0.3 is 29.6 Å². The van der Waals surface area contributed by atoms with Crippen LogP contribution in [0, 0.1) is 0 Å². The topological polar surface area (TPSA) is 189 Å². The summed E-state index contributed by atoms with van der Waals surface area (Å²) in [5.41, 5.74) is 5.83. The van der Waals surface area contributed by atoms with Gasteiger partial charge in [0, 0.05) is 31.1 Å². The lowest BCUT2D eigenvalue weighted by Gasteiger charge is -2.25. The number of Topliss-reactive ketones (excluding diaryl/α,β-unsaturated/α-hetero) is 1. The number of unbranched alkanes of at least 4 members (excludes halogenated alkanes) is 1. The molecule has 0 radical (unpaired) electrons. The van der Waals surface area contributed by atoms with Gasteiger partial charge in [-0.1, -0.05) is 48.5 Å². The number of hydrogen-bond acceptors (Lipinski definition) is 11. The SMILES string of the molecule is Nc1nc2c(ncn2[C@@H]2O[C@H](C(OC(=O)c3ccccc3)C(=O)c3ccccc3)[C@@H](O)[C@H]2OCCCCn2ccnc2)c(=O)[nH]1. The Bertz CT molecular complexity index is 1810. The van der Waals surface area contributed by atoms with Crippen molar-refractivity contribution in [1.82, 2.24) is 29.1 Å². The summed E-state index contributed by atoms with van der Waals surface area (Å²) in [6.45, 7) is 0.952. The van der Waals surface area contributed by atoms with Gasteiger partial charge in [-0.3, -0.25) is 19.1 Å². The number of benzene rings is 2. The van der Waals surface area contributed by atoms with E-state index in [2.05, 4.69) is 19.9 Å². The van der Waals surface area contributed by atoms with Gasteiger partial charge in [0.25, 0.3) is 5.56 Å². The Hall–Kier alpha value is -5.18. The van der Waals surface area contributed by atoms with E-state index in [1.54, 1.807) is 73.2 Å². The number of carbonyl (C=O) groups is 2. The van der Waals surface area contributed by atoms with Gasteiger partial charge in [-0.05, 0) is 25.0 Å². The number of nitrogens with zero attached hydrogens (tertiary/aromatic N) is 5. The number of anilines is 1. The minimum atomic E-state index is -1.55. The number of carbonyl (C=O) groups excluding carboxylic acids is 2. The van der Waals surface area contributed by atoms with Crippen molar-refractivity contribution in [2.24, 2.45) is 0 Å². The molecule has 3 aromatic heterocycles. The molecular formula is C31H31N7O7. The number of ketones is 1. The number of rotatable bonds is 12. The molecule has 4 heterocycles. The maximum atomic E-state index is 13.8. The smallest absolute Gasteiger partial charge is 0.338 e. The minimum Gasteiger partial charge on any atom is -0.447 e. The van der Waals surface area contributed by atoms with Crippen LogP contribution in [0.4, 0.5) is 5.95 Å². The first-order valence-electron chi connectivity index (χ1n) is 14.4. The molecule has 6 rings (SSSR count). The molecular weight excluding hydrogens is 582 g/mol. The van der Waals surface area contributed by atoms with Crippen LogP contribution < -0.4 is 11.3 Å². The number of imidazole rings is 2. The average molecular weight is 614 g/mol. The van der Waals surface area contributed by atoms with E-state index in [0.717, 1.165) is 13.0 Å². The van der Waals surface area contributed by atoms with Crippen LogP contribution in [0.5, 0.6) is 0 Å². The third-order valence-electron chi connectivity index (χ3n) is 7.51. The Kier molecular flexibility index (Phi) is 8.77. The fourth-order valence-electron chi connectivity index (χ4n) is 5.29. The van der Waals surface area contributed by atoms with Crippen molar-refractivity contribution in [3.63, 3.8) is 0 Å². The number of nitrogens with one attached hydrogen (secondary N) is 1. The lowest BCUT2D eigenvalue weighted by Crippen LogP contribution is -2.46. The van der Waals surface area contributed by atoms with Crippen molar-refractivity contribution in [3.8, 4) is 0 Å². The van der Waals surface area contributed by atoms with Crippen LogP contribution in [0.3, 0.4) is 0 Å². The molecule has 0 amide bonds. The summed E-state index contributed by atoms with van der Waals surface area (Å²) in [6.07, 6.45) is 1.47. The Balaban J connectivity index is 1.32. The molecule has 14 nitrogen and oxygen atoms in total. The molecule has 232 valence electrons. The zero-order valence-electron chi connectivity index (χ0n) is 24.0. The third kappa shape index (κ3) is 6.38. The number of aromatic amines is 1. The molecule has 1 aliphatic rings. The fraction of sp³-hybridized carbons (Fsp3) is 0.290. The molecule has 1 fully saturated rings. The van der Waals surface area contributed by atoms with E-state index < -0.39 is 48.0 Å². The quantitative estimate of drug-likeness (QED) is 0.106. The molecule has 0 aliphatic carbocycles. The monoisotopic (exact) mass is 613 g/mol. The van der Waals surface area contributed by atoms with Crippen molar-refractivity contribution in [2.75, 3.05) is 12.3 Å². The van der Waals surface area contributed by atoms with Gasteiger partial charge in [0.15, 0.2) is 23.5 Å². The molecule has 4 N–H and O–H groups in total. The zero-order chi connectivity index (χ0) is 31.3. The largest absolute Gasteiger partial charge is 0.447 e. The van der Waals surface area contributed by atoms with E-state index in [1.807, 2.05) is 10.8 Å². The molecule has 1 aliphatic heterocycles. The first-order valence-corrected chi connectivity index (χ1v) is 14.4. The first-order chi connectivity index (χ1) is 21.9. The molecule has 5 aromatic rings. The number of aryl methyl sites for hydroxylation is 1. The van der Waals surface area contributed by atoms with Gasteiger partial charge in [-0.2, -0.15) is 4.98 Å². The highest BCUT2D eigenvalue weighted by Gasteiger charge is 2.52. The van der Waals surface area contributed by atoms with Gasteiger partial charge in [-0.25, -0.2) is 14.8 Å². The van der Waals surface area contributed by atoms with E-state index in [0.29, 0.717) is 6.42 Å². The molecule has 5 atom stereocenters. The van der Waals surface area contributed by atoms with Crippen LogP contribution >= 0.6 is 0 Å². The molecule has 0 saturated carbocycles. The number of H-pyrrole nitrogens is 1. The Labute approximate surface area is 256 Å². The average Bonchev–Trinajstić information content (AvgIpc) is 3.80. The van der Waals surface area contributed by atoms with Crippen molar-refractivity contribution in [1.29, 1.82) is 0 Å². The number of aliphatic hydroxyl groups is 1. The number of aromatic nitrogens is 6. The Morgan fingerprint density at radius 2 is 1.78 bits per heavy atom. The van der Waals surface area contributed by atoms with Crippen LogP contribution in [-0.2, 0) is 20.8 Å². The maximum absolute atomic E-state index is 13.8. The van der Waals surface area contributed by atoms with Crippen molar-refractivity contribution >= 4 is 28.9 Å². The number of hydrogen-bond donors (Lipinski definition) is 3. The van der Waals surface area contributed by atoms with Gasteiger partial charge in [0.1, 0.15) is 18.3 Å². The summed E-state index contributed by atoms with van der Waals surface area (Å²) < 4.78 is 21.7. The minimum absolute atomic E-state index is 0.00256. The van der Waals surface area contributed by atoms with Gasteiger partial charge in [0.2, 0.25) is 11.7 Å². The van der Waals surface area contributed by atoms with E-state index in [-0.39, 0.29) is 34.8 Å². The highest BCUT2D eigenvalue weighted by atomic mass is 16.6. The van der Waals surface area contributed by atoms with Gasteiger partial charge in [0.05, 0.1) is 18.2 Å². The van der Waals surface area contributed by atoms with Crippen molar-refractivity contribution in [2.45, 2.75) is 50.0 Å². The van der Waals surface area contributed by atoms with Crippen molar-refractivity contribution in [3.05, 3.63) is 107 Å².